The van der Waals surface area contributed by atoms with Crippen molar-refractivity contribution in [3.63, 3.8) is 0 Å². The van der Waals surface area contributed by atoms with E-state index in [0.717, 1.165) is 0 Å². The number of esters is 1. The van der Waals surface area contributed by atoms with E-state index in [2.05, 4.69) is 0 Å². The smallest absolute Gasteiger partial charge is 0.343 e. The summed E-state index contributed by atoms with van der Waals surface area (Å²) in [6, 6.07) is 12.1. The Hall–Kier alpha value is -2.89. The fourth-order valence-electron chi connectivity index (χ4n) is 2.56. The molecule has 0 saturated carbocycles. The third-order valence-electron chi connectivity index (χ3n) is 4.01. The van der Waals surface area contributed by atoms with Crippen LogP contribution in [0.2, 0.25) is 0 Å². The van der Waals surface area contributed by atoms with Gasteiger partial charge in [-0.05, 0) is 43.3 Å². The van der Waals surface area contributed by atoms with E-state index in [0.29, 0.717) is 25.3 Å². The molecule has 0 spiro atoms. The first-order valence-corrected chi connectivity index (χ1v) is 10.3. The molecule has 0 bridgehead atoms. The van der Waals surface area contributed by atoms with Crippen LogP contribution in [0.3, 0.4) is 0 Å². The van der Waals surface area contributed by atoms with Crippen LogP contribution in [0.15, 0.2) is 47.4 Å². The highest BCUT2D eigenvalue weighted by Gasteiger charge is 2.22. The maximum atomic E-state index is 12.5. The van der Waals surface area contributed by atoms with Crippen molar-refractivity contribution in [1.29, 1.82) is 5.26 Å². The van der Waals surface area contributed by atoms with Crippen molar-refractivity contribution in [2.75, 3.05) is 19.7 Å². The van der Waals surface area contributed by atoms with E-state index in [1.807, 2.05) is 6.07 Å². The predicted molar refractivity (Wildman–Crippen MR) is 104 cm³/mol. The first kappa shape index (κ1) is 21.4. The summed E-state index contributed by atoms with van der Waals surface area (Å²) in [5.74, 6) is -0.182. The fourth-order valence-corrected chi connectivity index (χ4v) is 4.02. The molecule has 2 rings (SSSR count). The van der Waals surface area contributed by atoms with Gasteiger partial charge in [-0.2, -0.15) is 9.57 Å². The van der Waals surface area contributed by atoms with Gasteiger partial charge in [-0.3, -0.25) is 0 Å². The molecule has 148 valence electrons. The molecule has 0 unspecified atom stereocenters. The molecule has 0 atom stereocenters. The summed E-state index contributed by atoms with van der Waals surface area (Å²) in [7, 11) is -3.59. The van der Waals surface area contributed by atoms with Gasteiger partial charge < -0.3 is 9.47 Å². The lowest BCUT2D eigenvalue weighted by molar-refractivity contribution is 0.0728. The Balaban J connectivity index is 2.24. The van der Waals surface area contributed by atoms with Crippen LogP contribution in [0.4, 0.5) is 0 Å². The summed E-state index contributed by atoms with van der Waals surface area (Å²) in [4.78, 5) is 12.5. The van der Waals surface area contributed by atoms with Crippen LogP contribution in [0, 0.1) is 11.3 Å². The summed E-state index contributed by atoms with van der Waals surface area (Å²) in [5, 5.41) is 8.98. The van der Waals surface area contributed by atoms with E-state index < -0.39 is 16.0 Å². The summed E-state index contributed by atoms with van der Waals surface area (Å²) in [6.07, 6.45) is 0. The summed E-state index contributed by atoms with van der Waals surface area (Å²) in [6.45, 7) is 6.38. The van der Waals surface area contributed by atoms with E-state index in [1.165, 1.54) is 46.8 Å². The van der Waals surface area contributed by atoms with Gasteiger partial charge in [0, 0.05) is 19.2 Å². The van der Waals surface area contributed by atoms with Crippen molar-refractivity contribution in [3.8, 4) is 17.6 Å². The zero-order chi connectivity index (χ0) is 20.7. The summed E-state index contributed by atoms with van der Waals surface area (Å²) >= 11 is 0. The fraction of sp³-hybridized carbons (Fsp3) is 0.300. The molecule has 8 heteroatoms. The normalized spacial score (nSPS) is 11.1. The average molecular weight is 402 g/mol. The Morgan fingerprint density at radius 2 is 1.68 bits per heavy atom. The van der Waals surface area contributed by atoms with Crippen molar-refractivity contribution >= 4 is 16.0 Å². The Morgan fingerprint density at radius 1 is 1.04 bits per heavy atom. The second-order valence-corrected chi connectivity index (χ2v) is 7.65. The number of sulfonamides is 1. The molecule has 0 amide bonds. The zero-order valence-electron chi connectivity index (χ0n) is 16.0. The minimum absolute atomic E-state index is 0.112. The maximum Gasteiger partial charge on any atom is 0.343 e. The van der Waals surface area contributed by atoms with E-state index >= 15 is 0 Å². The number of rotatable bonds is 8. The SMILES string of the molecule is CCOc1cc(C#N)ccc1OC(=O)c1ccc(S(=O)(=O)N(CC)CC)cc1. The van der Waals surface area contributed by atoms with E-state index in [9.17, 15) is 13.2 Å². The van der Waals surface area contributed by atoms with Crippen LogP contribution in [0.25, 0.3) is 0 Å². The molecule has 7 nitrogen and oxygen atoms in total. The third kappa shape index (κ3) is 4.68. The zero-order valence-corrected chi connectivity index (χ0v) is 16.8. The van der Waals surface area contributed by atoms with E-state index in [-0.39, 0.29) is 22.0 Å². The van der Waals surface area contributed by atoms with Crippen LogP contribution in [-0.2, 0) is 10.0 Å². The van der Waals surface area contributed by atoms with Crippen LogP contribution in [0.1, 0.15) is 36.7 Å². The highest BCUT2D eigenvalue weighted by atomic mass is 32.2. The second-order valence-electron chi connectivity index (χ2n) is 5.71. The number of carbonyl (C=O) groups excluding carboxylic acids is 1. The Labute approximate surface area is 165 Å². The monoisotopic (exact) mass is 402 g/mol. The topological polar surface area (TPSA) is 96.7 Å². The largest absolute Gasteiger partial charge is 0.490 e. The van der Waals surface area contributed by atoms with E-state index in [4.69, 9.17) is 14.7 Å². The summed E-state index contributed by atoms with van der Waals surface area (Å²) in [5.41, 5.74) is 0.583. The third-order valence-corrected chi connectivity index (χ3v) is 6.07. The Morgan fingerprint density at radius 3 is 2.21 bits per heavy atom. The molecule has 0 radical (unpaired) electrons. The van der Waals surface area contributed by atoms with E-state index in [1.54, 1.807) is 20.8 Å². The lowest BCUT2D eigenvalue weighted by atomic mass is 10.2. The molecule has 0 aliphatic carbocycles. The highest BCUT2D eigenvalue weighted by Crippen LogP contribution is 2.29. The minimum Gasteiger partial charge on any atom is -0.490 e. The Bertz CT molecular complexity index is 975. The summed E-state index contributed by atoms with van der Waals surface area (Å²) < 4.78 is 37.1. The van der Waals surface area contributed by atoms with Crippen LogP contribution in [-0.4, -0.2) is 38.4 Å². The molecule has 0 aromatic heterocycles. The maximum absolute atomic E-state index is 12.5. The number of nitriles is 1. The standard InChI is InChI=1S/C20H22N2O5S/c1-4-22(5-2)28(24,25)17-10-8-16(9-11-17)20(23)27-18-12-7-15(14-21)13-19(18)26-6-3/h7-13H,4-6H2,1-3H3. The van der Waals surface area contributed by atoms with Gasteiger partial charge in [0.25, 0.3) is 0 Å². The van der Waals surface area contributed by atoms with Crippen LogP contribution in [0.5, 0.6) is 11.5 Å². The first-order valence-electron chi connectivity index (χ1n) is 8.86. The molecule has 28 heavy (non-hydrogen) atoms. The average Bonchev–Trinajstić information content (AvgIpc) is 2.70. The number of carbonyl (C=O) groups is 1. The van der Waals surface area contributed by atoms with Crippen molar-refractivity contribution in [3.05, 3.63) is 53.6 Å². The highest BCUT2D eigenvalue weighted by molar-refractivity contribution is 7.89. The minimum atomic E-state index is -3.59. The van der Waals surface area contributed by atoms with Gasteiger partial charge in [-0.25, -0.2) is 13.2 Å². The van der Waals surface area contributed by atoms with Crippen molar-refractivity contribution in [2.45, 2.75) is 25.7 Å². The molecule has 0 aliphatic heterocycles. The number of ether oxygens (including phenoxy) is 2. The molecule has 0 heterocycles. The second kappa shape index (κ2) is 9.35. The first-order chi connectivity index (χ1) is 13.4. The molecule has 0 saturated heterocycles. The van der Waals surface area contributed by atoms with Gasteiger partial charge in [0.05, 0.1) is 28.7 Å². The lowest BCUT2D eigenvalue weighted by Gasteiger charge is -2.18. The lowest BCUT2D eigenvalue weighted by Crippen LogP contribution is -2.30. The van der Waals surface area contributed by atoms with Crippen molar-refractivity contribution in [1.82, 2.24) is 4.31 Å². The van der Waals surface area contributed by atoms with Gasteiger partial charge >= 0.3 is 5.97 Å². The number of hydrogen-bond donors (Lipinski definition) is 0. The number of nitrogens with zero attached hydrogens (tertiary/aromatic N) is 2. The van der Waals surface area contributed by atoms with Crippen LogP contribution >= 0.6 is 0 Å². The van der Waals surface area contributed by atoms with Crippen LogP contribution < -0.4 is 9.47 Å². The van der Waals surface area contributed by atoms with Gasteiger partial charge in [-0.15, -0.1) is 0 Å². The van der Waals surface area contributed by atoms with Gasteiger partial charge in [0.1, 0.15) is 0 Å². The molecule has 0 aliphatic rings. The predicted octanol–water partition coefficient (Wildman–Crippen LogP) is 3.21. The Kier molecular flexibility index (Phi) is 7.15. The van der Waals surface area contributed by atoms with Gasteiger partial charge in [0.15, 0.2) is 11.5 Å². The quantitative estimate of drug-likeness (QED) is 0.497. The van der Waals surface area contributed by atoms with Gasteiger partial charge in [-0.1, -0.05) is 13.8 Å². The molecule has 0 fully saturated rings. The molecule has 0 N–H and O–H groups in total. The van der Waals surface area contributed by atoms with Gasteiger partial charge in [0.2, 0.25) is 10.0 Å². The van der Waals surface area contributed by atoms with Crippen molar-refractivity contribution < 1.29 is 22.7 Å². The molecule has 2 aromatic rings. The molecular weight excluding hydrogens is 380 g/mol. The number of benzene rings is 2. The molecular formula is C20H22N2O5S. The number of hydrogen-bond acceptors (Lipinski definition) is 6. The molecule has 2 aromatic carbocycles. The van der Waals surface area contributed by atoms with Crippen molar-refractivity contribution in [2.24, 2.45) is 0 Å².